The normalized spacial score (nSPS) is 18.5. The summed E-state index contributed by atoms with van der Waals surface area (Å²) >= 11 is 1.91. The van der Waals surface area contributed by atoms with E-state index in [-0.39, 0.29) is 29.9 Å². The number of nitrogens with zero attached hydrogens (tertiary/aromatic N) is 1. The lowest BCUT2D eigenvalue weighted by Crippen LogP contribution is -2.68. The average molecular weight is 706 g/mol. The number of aromatic nitrogens is 1. The minimum Gasteiger partial charge on any atom is -0.399 e. The second-order valence-corrected chi connectivity index (χ2v) is 14.1. The van der Waals surface area contributed by atoms with Gasteiger partial charge in [-0.15, -0.1) is 10.2 Å². The highest BCUT2D eigenvalue weighted by Crippen LogP contribution is 2.33. The molecule has 0 spiro atoms. The van der Waals surface area contributed by atoms with E-state index in [2.05, 4.69) is 31.9 Å². The van der Waals surface area contributed by atoms with Crippen molar-refractivity contribution in [3.63, 3.8) is 0 Å². The number of anilines is 2. The van der Waals surface area contributed by atoms with Crippen LogP contribution in [-0.4, -0.2) is 54.0 Å². The van der Waals surface area contributed by atoms with Gasteiger partial charge in [-0.2, -0.15) is 16.3 Å². The van der Waals surface area contributed by atoms with Gasteiger partial charge < -0.3 is 32.7 Å². The Morgan fingerprint density at radius 2 is 1.38 bits per heavy atom. The first kappa shape index (κ1) is 37.2. The summed E-state index contributed by atoms with van der Waals surface area (Å²) in [7, 11) is -4.94. The molecule has 0 saturated carbocycles. The van der Waals surface area contributed by atoms with Crippen LogP contribution in [-0.2, 0) is 16.1 Å². The Labute approximate surface area is 285 Å². The number of halogens is 1. The number of unbranched alkanes of at least 4 members (excludes halogenated alkanes) is 3. The van der Waals surface area contributed by atoms with E-state index in [1.807, 2.05) is 48.2 Å². The zero-order chi connectivity index (χ0) is 34.7. The first-order valence-electron chi connectivity index (χ1n) is 16.1. The Bertz CT molecular complexity index is 1510. The molecule has 3 atom stereocenters. The zero-order valence-electron chi connectivity index (χ0n) is 26.7. The van der Waals surface area contributed by atoms with Gasteiger partial charge in [0.25, 0.3) is 0 Å². The Morgan fingerprint density at radius 3 is 1.96 bits per heavy atom. The van der Waals surface area contributed by atoms with Crippen LogP contribution in [0.4, 0.5) is 16.2 Å². The van der Waals surface area contributed by atoms with E-state index in [1.165, 1.54) is 0 Å². The molecule has 3 heterocycles. The van der Waals surface area contributed by atoms with Crippen LogP contribution in [0.2, 0.25) is 0 Å². The molecular formula is C32H44ClN7O7S. The predicted molar refractivity (Wildman–Crippen MR) is 174 cm³/mol. The van der Waals surface area contributed by atoms with Gasteiger partial charge in [0.1, 0.15) is 6.54 Å². The first-order valence-corrected chi connectivity index (χ1v) is 18.4. The van der Waals surface area contributed by atoms with E-state index >= 15 is 0 Å². The van der Waals surface area contributed by atoms with Crippen molar-refractivity contribution < 1.29 is 47.8 Å². The number of urea groups is 1. The summed E-state index contributed by atoms with van der Waals surface area (Å²) in [6, 6.07) is 14.4. The fourth-order valence-corrected chi connectivity index (χ4v) is 7.65. The molecule has 4 amide bonds. The number of aryl methyl sites for hydroxylation is 1. The van der Waals surface area contributed by atoms with Gasteiger partial charge >= 0.3 is 6.03 Å². The summed E-state index contributed by atoms with van der Waals surface area (Å²) in [4.78, 5) is 36.1. The van der Waals surface area contributed by atoms with E-state index in [0.717, 1.165) is 66.1 Å². The molecule has 2 fully saturated rings. The molecule has 1 aromatic heterocycles. The van der Waals surface area contributed by atoms with Gasteiger partial charge in [-0.3, -0.25) is 9.59 Å². The number of carbonyl (C=O) groups is 3. The number of fused-ring (bicyclic) bond motifs is 3. The number of carbonyl (C=O) groups excluding carboxylic acids is 3. The fraction of sp³-hybridized carbons (Fsp3) is 0.500. The molecule has 16 heteroatoms. The van der Waals surface area contributed by atoms with Gasteiger partial charge in [-0.25, -0.2) is 23.4 Å². The van der Waals surface area contributed by atoms with Crippen molar-refractivity contribution >= 4 is 62.8 Å². The van der Waals surface area contributed by atoms with E-state index in [0.29, 0.717) is 55.5 Å². The third kappa shape index (κ3) is 11.8. The first-order chi connectivity index (χ1) is 22.9. The number of hydrogen-bond donors (Lipinski definition) is 6. The smallest absolute Gasteiger partial charge is 0.315 e. The Hall–Kier alpha value is -3.60. The molecule has 262 valence electrons. The highest BCUT2D eigenvalue weighted by Gasteiger charge is 2.42. The van der Waals surface area contributed by atoms with Crippen LogP contribution < -0.4 is 55.9 Å². The van der Waals surface area contributed by atoms with E-state index in [9.17, 15) is 14.4 Å². The Kier molecular flexibility index (Phi) is 13.7. The standard InChI is InChI=1S/C32H43N7O3S.ClHO4/c33-23-12-10-21-17-22-11-13-24(34)19-27(22)39(26(21)18-23)16-6-9-30(41)36-15-5-1-4-14-35-29(40)8-3-2-7-28-31-25(20-43-28)37-32(42)38-31;2-1(3,4)5/h10-13,17-19,25,28,31H,1-9,14-16,20H2,(H7,33,34,35,36,37,38,40,41,42);(H,2,3,4,5). The quantitative estimate of drug-likeness (QED) is 0.0355. The largest absolute Gasteiger partial charge is 0.399 e. The average Bonchev–Trinajstić information content (AvgIpc) is 3.57. The highest BCUT2D eigenvalue weighted by atomic mass is 35.7. The SMILES string of the molecule is Nc1ccc2cc3ccc(N)cc3[n+](CCCC(=O)NCCCCCNC(=O)CCCCC3SCC4NC(=O)NC43)c2c1.[O-][Cl+3]([O-])([O-])[O-]. The van der Waals surface area contributed by atoms with Gasteiger partial charge in [-0.05, 0) is 62.4 Å². The van der Waals surface area contributed by atoms with Gasteiger partial charge in [0.15, 0.2) is 0 Å². The molecule has 48 heavy (non-hydrogen) atoms. The van der Waals surface area contributed by atoms with Gasteiger partial charge in [-0.1, -0.05) is 6.42 Å². The molecule has 0 aliphatic carbocycles. The van der Waals surface area contributed by atoms with Crippen LogP contribution in [0, 0.1) is 10.2 Å². The van der Waals surface area contributed by atoms with Crippen molar-refractivity contribution in [2.45, 2.75) is 81.7 Å². The number of thioether (sulfide) groups is 1. The summed E-state index contributed by atoms with van der Waals surface area (Å²) in [5.74, 6) is 1.12. The van der Waals surface area contributed by atoms with Crippen molar-refractivity contribution in [3.8, 4) is 0 Å². The van der Waals surface area contributed by atoms with Crippen molar-refractivity contribution in [2.24, 2.45) is 0 Å². The molecule has 2 saturated heterocycles. The molecule has 2 aliphatic heterocycles. The third-order valence-corrected chi connectivity index (χ3v) is 9.87. The lowest BCUT2D eigenvalue weighted by molar-refractivity contribution is -2.00. The molecular weight excluding hydrogens is 662 g/mol. The fourth-order valence-electron chi connectivity index (χ4n) is 6.10. The van der Waals surface area contributed by atoms with Gasteiger partial charge in [0, 0.05) is 77.6 Å². The molecule has 2 aromatic carbocycles. The number of pyridine rings is 1. The number of nitrogens with one attached hydrogen (secondary N) is 4. The molecule has 2 aliphatic rings. The predicted octanol–water partition coefficient (Wildman–Crippen LogP) is -1.40. The molecule has 5 rings (SSSR count). The number of benzene rings is 2. The summed E-state index contributed by atoms with van der Waals surface area (Å²) in [5, 5.41) is 14.7. The number of nitrogen functional groups attached to an aromatic ring is 2. The maximum Gasteiger partial charge on any atom is 0.315 e. The second-order valence-electron chi connectivity index (χ2n) is 12.0. The Balaban J connectivity index is 0.000000968. The topological polar surface area (TPSA) is 247 Å². The van der Waals surface area contributed by atoms with Crippen molar-refractivity contribution in [1.82, 2.24) is 21.3 Å². The molecule has 8 N–H and O–H groups in total. The van der Waals surface area contributed by atoms with Crippen molar-refractivity contribution in [2.75, 3.05) is 30.3 Å². The maximum absolute atomic E-state index is 12.5. The van der Waals surface area contributed by atoms with Crippen molar-refractivity contribution in [1.29, 1.82) is 0 Å². The monoisotopic (exact) mass is 705 g/mol. The molecule has 14 nitrogen and oxygen atoms in total. The lowest BCUT2D eigenvalue weighted by atomic mass is 10.0. The van der Waals surface area contributed by atoms with Crippen LogP contribution in [0.3, 0.4) is 0 Å². The molecule has 3 unspecified atom stereocenters. The maximum atomic E-state index is 12.5. The summed E-state index contributed by atoms with van der Waals surface area (Å²) in [5.41, 5.74) is 15.6. The summed E-state index contributed by atoms with van der Waals surface area (Å²) < 4.78 is 36.2. The second kappa shape index (κ2) is 17.7. The number of rotatable bonds is 15. The highest BCUT2D eigenvalue weighted by molar-refractivity contribution is 8.00. The lowest BCUT2D eigenvalue weighted by Gasteiger charge is -2.17. The van der Waals surface area contributed by atoms with Crippen LogP contribution in [0.5, 0.6) is 0 Å². The zero-order valence-corrected chi connectivity index (χ0v) is 28.3. The molecule has 0 radical (unpaired) electrons. The van der Waals surface area contributed by atoms with Gasteiger partial charge in [0.2, 0.25) is 22.8 Å². The van der Waals surface area contributed by atoms with Crippen LogP contribution in [0.25, 0.3) is 21.8 Å². The number of nitrogens with two attached hydrogens (primary N) is 2. The number of amides is 4. The summed E-state index contributed by atoms with van der Waals surface area (Å²) in [6.45, 7) is 1.99. The van der Waals surface area contributed by atoms with E-state index in [1.54, 1.807) is 0 Å². The van der Waals surface area contributed by atoms with E-state index in [4.69, 9.17) is 30.1 Å². The van der Waals surface area contributed by atoms with Gasteiger partial charge in [0.05, 0.1) is 12.1 Å². The summed E-state index contributed by atoms with van der Waals surface area (Å²) in [6.07, 6.45) is 7.29. The molecule has 3 aromatic rings. The van der Waals surface area contributed by atoms with E-state index < -0.39 is 10.2 Å². The number of hydrogen-bond acceptors (Lipinski definition) is 10. The van der Waals surface area contributed by atoms with Crippen molar-refractivity contribution in [3.05, 3.63) is 42.5 Å². The van der Waals surface area contributed by atoms with Crippen LogP contribution in [0.1, 0.15) is 57.8 Å². The minimum absolute atomic E-state index is 0.0515. The minimum atomic E-state index is -4.94. The van der Waals surface area contributed by atoms with Crippen LogP contribution >= 0.6 is 11.8 Å². The van der Waals surface area contributed by atoms with Crippen LogP contribution in [0.15, 0.2) is 42.5 Å². The molecule has 0 bridgehead atoms. The third-order valence-electron chi connectivity index (χ3n) is 8.37. The Morgan fingerprint density at radius 1 is 0.812 bits per heavy atom.